The van der Waals surface area contributed by atoms with E-state index >= 15 is 0 Å². The zero-order valence-electron chi connectivity index (χ0n) is 14.1. The normalized spacial score (nSPS) is 11.0. The summed E-state index contributed by atoms with van der Waals surface area (Å²) in [6, 6.07) is 2.76. The van der Waals surface area contributed by atoms with Gasteiger partial charge in [-0.15, -0.1) is 0 Å². The fraction of sp³-hybridized carbons (Fsp3) is 0.188. The highest BCUT2D eigenvalue weighted by Crippen LogP contribution is 2.38. The van der Waals surface area contributed by atoms with E-state index in [2.05, 4.69) is 25.1 Å². The van der Waals surface area contributed by atoms with E-state index in [1.807, 2.05) is 13.8 Å². The monoisotopic (exact) mass is 409 g/mol. The molecule has 0 radical (unpaired) electrons. The minimum absolute atomic E-state index is 0.0479. The second-order valence-electron chi connectivity index (χ2n) is 5.80. The Morgan fingerprint density at radius 2 is 1.85 bits per heavy atom. The smallest absolute Gasteiger partial charge is 0.342 e. The molecule has 0 aliphatic carbocycles. The molecule has 3 N–H and O–H groups in total. The van der Waals surface area contributed by atoms with Gasteiger partial charge >= 0.3 is 11.7 Å². The van der Waals surface area contributed by atoms with Crippen molar-refractivity contribution in [2.24, 2.45) is 0 Å². The van der Waals surface area contributed by atoms with Crippen molar-refractivity contribution in [3.8, 4) is 28.8 Å². The third-order valence-electron chi connectivity index (χ3n) is 3.50. The number of halogens is 2. The van der Waals surface area contributed by atoms with Crippen molar-refractivity contribution in [1.29, 1.82) is 0 Å². The number of aromatic amines is 2. The summed E-state index contributed by atoms with van der Waals surface area (Å²) in [5.41, 5.74) is -0.792. The van der Waals surface area contributed by atoms with Crippen LogP contribution < -0.4 is 16.0 Å². The fourth-order valence-corrected chi connectivity index (χ4v) is 2.84. The van der Waals surface area contributed by atoms with E-state index in [0.717, 1.165) is 0 Å². The average molecular weight is 410 g/mol. The number of hydrogen-bond donors (Lipinski definition) is 3. The number of benzene rings is 1. The van der Waals surface area contributed by atoms with Crippen LogP contribution in [0, 0.1) is 0 Å². The predicted molar refractivity (Wildman–Crippen MR) is 98.8 cm³/mol. The summed E-state index contributed by atoms with van der Waals surface area (Å²) in [5.74, 6) is -0.0294. The molecule has 0 saturated carbocycles. The minimum Gasteiger partial charge on any atom is -0.504 e. The molecule has 9 nitrogen and oxygen atoms in total. The Balaban J connectivity index is 2.00. The van der Waals surface area contributed by atoms with Crippen molar-refractivity contribution >= 4 is 23.2 Å². The number of H-pyrrole nitrogens is 2. The lowest BCUT2D eigenvalue weighted by atomic mass is 10.1. The lowest BCUT2D eigenvalue weighted by molar-refractivity contribution is 0.417. The van der Waals surface area contributed by atoms with Crippen LogP contribution in [-0.4, -0.2) is 30.3 Å². The third kappa shape index (κ3) is 3.93. The summed E-state index contributed by atoms with van der Waals surface area (Å²) >= 11 is 12.5. The van der Waals surface area contributed by atoms with Gasteiger partial charge in [-0.3, -0.25) is 9.78 Å². The zero-order valence-corrected chi connectivity index (χ0v) is 15.6. The van der Waals surface area contributed by atoms with Crippen LogP contribution in [0.2, 0.25) is 10.0 Å². The number of aromatic nitrogens is 5. The number of rotatable bonds is 4. The molecule has 140 valence electrons. The molecule has 0 amide bonds. The van der Waals surface area contributed by atoms with E-state index < -0.39 is 11.2 Å². The summed E-state index contributed by atoms with van der Waals surface area (Å²) in [5, 5.41) is 15.8. The molecule has 0 saturated heterocycles. The van der Waals surface area contributed by atoms with Crippen LogP contribution in [0.15, 0.2) is 27.9 Å². The fourth-order valence-electron chi connectivity index (χ4n) is 2.27. The molecular formula is C16H13Cl2N5O4. The van der Waals surface area contributed by atoms with Crippen LogP contribution in [0.4, 0.5) is 0 Å². The minimum atomic E-state index is -0.730. The van der Waals surface area contributed by atoms with E-state index in [1.165, 1.54) is 18.3 Å². The SMILES string of the molecule is CC(C)c1nc(Oc2c(Cl)cc(-c3n[nH]c(=O)[nH]c3=O)cc2Cl)ncc1O. The van der Waals surface area contributed by atoms with Crippen LogP contribution in [0.25, 0.3) is 11.3 Å². The average Bonchev–Trinajstić information content (AvgIpc) is 2.59. The predicted octanol–water partition coefficient (Wildman–Crippen LogP) is 2.84. The van der Waals surface area contributed by atoms with E-state index in [9.17, 15) is 14.7 Å². The standard InChI is InChI=1S/C16H13Cl2N5O4/c1-6(2)11-10(24)5-19-16(20-11)27-13-8(17)3-7(4-9(13)18)12-14(25)21-15(26)23-22-12/h3-6,24H,1-2H3,(H2,21,23,25,26). The molecule has 2 heterocycles. The molecule has 1 aromatic carbocycles. The Morgan fingerprint density at radius 1 is 1.19 bits per heavy atom. The van der Waals surface area contributed by atoms with Crippen molar-refractivity contribution in [3.63, 3.8) is 0 Å². The maximum atomic E-state index is 11.9. The van der Waals surface area contributed by atoms with Gasteiger partial charge in [0.25, 0.3) is 5.56 Å². The molecule has 3 aromatic rings. The lowest BCUT2D eigenvalue weighted by Gasteiger charge is -2.12. The molecule has 0 aliphatic heterocycles. The maximum absolute atomic E-state index is 11.9. The summed E-state index contributed by atoms with van der Waals surface area (Å²) in [6.45, 7) is 3.71. The largest absolute Gasteiger partial charge is 0.504 e. The Bertz CT molecular complexity index is 1100. The Kier molecular flexibility index (Phi) is 5.15. The van der Waals surface area contributed by atoms with E-state index in [-0.39, 0.29) is 44.7 Å². The topological polar surface area (TPSA) is 134 Å². The molecule has 0 bridgehead atoms. The van der Waals surface area contributed by atoms with Gasteiger partial charge in [0.1, 0.15) is 0 Å². The number of aromatic hydroxyl groups is 1. The van der Waals surface area contributed by atoms with Crippen LogP contribution in [0.3, 0.4) is 0 Å². The summed E-state index contributed by atoms with van der Waals surface area (Å²) in [7, 11) is 0. The molecular weight excluding hydrogens is 397 g/mol. The second kappa shape index (κ2) is 7.37. The summed E-state index contributed by atoms with van der Waals surface area (Å²) < 4.78 is 5.56. The Morgan fingerprint density at radius 3 is 2.44 bits per heavy atom. The van der Waals surface area contributed by atoms with Crippen molar-refractivity contribution in [2.75, 3.05) is 0 Å². The van der Waals surface area contributed by atoms with Gasteiger partial charge in [-0.25, -0.2) is 9.89 Å². The Hall–Kier alpha value is -2.91. The first-order valence-corrected chi connectivity index (χ1v) is 8.44. The van der Waals surface area contributed by atoms with Crippen LogP contribution in [0.5, 0.6) is 17.5 Å². The second-order valence-corrected chi connectivity index (χ2v) is 6.62. The molecule has 0 atom stereocenters. The molecule has 0 spiro atoms. The van der Waals surface area contributed by atoms with Gasteiger partial charge in [0.05, 0.1) is 21.9 Å². The van der Waals surface area contributed by atoms with Gasteiger partial charge < -0.3 is 9.84 Å². The van der Waals surface area contributed by atoms with E-state index in [4.69, 9.17) is 27.9 Å². The third-order valence-corrected chi connectivity index (χ3v) is 4.06. The first-order chi connectivity index (χ1) is 12.8. The highest BCUT2D eigenvalue weighted by atomic mass is 35.5. The maximum Gasteiger partial charge on any atom is 0.342 e. The molecule has 3 rings (SSSR count). The first kappa shape index (κ1) is 18.9. The van der Waals surface area contributed by atoms with Crippen molar-refractivity contribution in [3.05, 3.63) is 54.9 Å². The summed E-state index contributed by atoms with van der Waals surface area (Å²) in [4.78, 5) is 33.1. The van der Waals surface area contributed by atoms with Crippen LogP contribution in [-0.2, 0) is 0 Å². The van der Waals surface area contributed by atoms with Gasteiger partial charge in [0.15, 0.2) is 17.2 Å². The molecule has 11 heteroatoms. The van der Waals surface area contributed by atoms with E-state index in [1.54, 1.807) is 0 Å². The van der Waals surface area contributed by atoms with Gasteiger partial charge in [-0.2, -0.15) is 15.1 Å². The van der Waals surface area contributed by atoms with Crippen molar-refractivity contribution in [2.45, 2.75) is 19.8 Å². The first-order valence-electron chi connectivity index (χ1n) is 7.68. The van der Waals surface area contributed by atoms with Crippen molar-refractivity contribution < 1.29 is 9.84 Å². The molecule has 0 aliphatic rings. The quantitative estimate of drug-likeness (QED) is 0.602. The van der Waals surface area contributed by atoms with Gasteiger partial charge in [-0.1, -0.05) is 37.0 Å². The number of ether oxygens (including phenoxy) is 1. The molecule has 27 heavy (non-hydrogen) atoms. The Labute approximate surface area is 162 Å². The highest BCUT2D eigenvalue weighted by molar-refractivity contribution is 6.37. The van der Waals surface area contributed by atoms with Crippen molar-refractivity contribution in [1.82, 2.24) is 25.1 Å². The number of hydrogen-bond acceptors (Lipinski definition) is 7. The van der Waals surface area contributed by atoms with E-state index in [0.29, 0.717) is 5.69 Å². The number of nitrogens with one attached hydrogen (secondary N) is 2. The molecule has 0 unspecified atom stereocenters. The van der Waals surface area contributed by atoms with Gasteiger partial charge in [0, 0.05) is 5.56 Å². The lowest BCUT2D eigenvalue weighted by Crippen LogP contribution is -2.25. The highest BCUT2D eigenvalue weighted by Gasteiger charge is 2.17. The van der Waals surface area contributed by atoms with Gasteiger partial charge in [-0.05, 0) is 18.1 Å². The summed E-state index contributed by atoms with van der Waals surface area (Å²) in [6.07, 6.45) is 1.22. The number of nitrogens with zero attached hydrogens (tertiary/aromatic N) is 3. The van der Waals surface area contributed by atoms with Crippen LogP contribution >= 0.6 is 23.2 Å². The van der Waals surface area contributed by atoms with Gasteiger partial charge in [0.2, 0.25) is 0 Å². The zero-order chi connectivity index (χ0) is 19.7. The molecule has 2 aromatic heterocycles. The van der Waals surface area contributed by atoms with Crippen LogP contribution in [0.1, 0.15) is 25.5 Å². The molecule has 0 fully saturated rings.